The van der Waals surface area contributed by atoms with E-state index in [1.807, 2.05) is 18.7 Å². The lowest BCUT2D eigenvalue weighted by atomic mass is 10.2. The normalized spacial score (nSPS) is 14.3. The molecule has 0 aliphatic carbocycles. The molecule has 1 aromatic heterocycles. The highest BCUT2D eigenvalue weighted by Crippen LogP contribution is 2.28. The second-order valence-electron chi connectivity index (χ2n) is 3.59. The van der Waals surface area contributed by atoms with Crippen molar-refractivity contribution in [2.45, 2.75) is 19.1 Å². The first kappa shape index (κ1) is 11.2. The number of carboxylic acid groups (broad SMARTS) is 1. The van der Waals surface area contributed by atoms with Crippen molar-refractivity contribution in [1.29, 1.82) is 0 Å². The SMILES string of the molecule is Cc1nc2c(c(NCC(=O)O)n1)CSCC2. The summed E-state index contributed by atoms with van der Waals surface area (Å²) in [6.45, 7) is 1.72. The molecule has 0 aromatic carbocycles. The number of thioether (sulfide) groups is 1. The maximum atomic E-state index is 10.5. The van der Waals surface area contributed by atoms with Gasteiger partial charge in [0.05, 0.1) is 5.69 Å². The van der Waals surface area contributed by atoms with Gasteiger partial charge in [-0.15, -0.1) is 0 Å². The van der Waals surface area contributed by atoms with Crippen LogP contribution >= 0.6 is 11.8 Å². The molecule has 0 amide bonds. The molecule has 5 nitrogen and oxygen atoms in total. The summed E-state index contributed by atoms with van der Waals surface area (Å²) in [5, 5.41) is 11.5. The summed E-state index contributed by atoms with van der Waals surface area (Å²) in [5.41, 5.74) is 2.11. The predicted octanol–water partition coefficient (Wildman–Crippen LogP) is 1.07. The van der Waals surface area contributed by atoms with E-state index in [0.29, 0.717) is 11.6 Å². The number of aliphatic carboxylic acids is 1. The van der Waals surface area contributed by atoms with E-state index in [1.54, 1.807) is 0 Å². The van der Waals surface area contributed by atoms with Crippen LogP contribution in [0.2, 0.25) is 0 Å². The highest BCUT2D eigenvalue weighted by molar-refractivity contribution is 7.98. The monoisotopic (exact) mass is 239 g/mol. The number of carboxylic acids is 1. The van der Waals surface area contributed by atoms with E-state index >= 15 is 0 Å². The molecule has 86 valence electrons. The van der Waals surface area contributed by atoms with Gasteiger partial charge in [-0.05, 0) is 19.1 Å². The van der Waals surface area contributed by atoms with Crippen LogP contribution in [0.15, 0.2) is 0 Å². The van der Waals surface area contributed by atoms with Crippen LogP contribution in [0.3, 0.4) is 0 Å². The van der Waals surface area contributed by atoms with Gasteiger partial charge in [-0.2, -0.15) is 11.8 Å². The van der Waals surface area contributed by atoms with Crippen LogP contribution in [0.5, 0.6) is 0 Å². The Kier molecular flexibility index (Phi) is 3.28. The number of aryl methyl sites for hydroxylation is 2. The average Bonchev–Trinajstić information content (AvgIpc) is 2.25. The van der Waals surface area contributed by atoms with Crippen LogP contribution < -0.4 is 5.32 Å². The van der Waals surface area contributed by atoms with Crippen molar-refractivity contribution in [2.24, 2.45) is 0 Å². The van der Waals surface area contributed by atoms with E-state index in [2.05, 4.69) is 15.3 Å². The van der Waals surface area contributed by atoms with Gasteiger partial charge in [0.25, 0.3) is 0 Å². The quantitative estimate of drug-likeness (QED) is 0.822. The standard InChI is InChI=1S/C10H13N3O2S/c1-6-12-8-2-3-16-5-7(8)10(13-6)11-4-9(14)15/h2-5H2,1H3,(H,14,15)(H,11,12,13). The molecule has 1 aliphatic heterocycles. The maximum Gasteiger partial charge on any atom is 0.322 e. The number of hydrogen-bond donors (Lipinski definition) is 2. The minimum absolute atomic E-state index is 0.104. The number of fused-ring (bicyclic) bond motifs is 1. The van der Waals surface area contributed by atoms with Crippen molar-refractivity contribution < 1.29 is 9.90 Å². The number of rotatable bonds is 3. The molecule has 0 unspecified atom stereocenters. The molecule has 1 aliphatic rings. The number of carbonyl (C=O) groups is 1. The summed E-state index contributed by atoms with van der Waals surface area (Å²) in [6, 6.07) is 0. The Hall–Kier alpha value is -1.30. The minimum Gasteiger partial charge on any atom is -0.480 e. The summed E-state index contributed by atoms with van der Waals surface area (Å²) < 4.78 is 0. The van der Waals surface area contributed by atoms with Gasteiger partial charge < -0.3 is 10.4 Å². The van der Waals surface area contributed by atoms with Gasteiger partial charge in [0.15, 0.2) is 0 Å². The van der Waals surface area contributed by atoms with Gasteiger partial charge in [0.2, 0.25) is 0 Å². The van der Waals surface area contributed by atoms with E-state index < -0.39 is 5.97 Å². The van der Waals surface area contributed by atoms with Gasteiger partial charge in [-0.3, -0.25) is 4.79 Å². The Labute approximate surface area is 97.7 Å². The Morgan fingerprint density at radius 2 is 2.38 bits per heavy atom. The van der Waals surface area contributed by atoms with Crippen molar-refractivity contribution in [3.63, 3.8) is 0 Å². The second kappa shape index (κ2) is 4.69. The molecule has 2 N–H and O–H groups in total. The summed E-state index contributed by atoms with van der Waals surface area (Å²) in [7, 11) is 0. The van der Waals surface area contributed by atoms with Crippen LogP contribution in [0.4, 0.5) is 5.82 Å². The Balaban J connectivity index is 2.28. The molecular weight excluding hydrogens is 226 g/mol. The van der Waals surface area contributed by atoms with Crippen LogP contribution in [-0.2, 0) is 17.0 Å². The molecule has 16 heavy (non-hydrogen) atoms. The lowest BCUT2D eigenvalue weighted by Gasteiger charge is -2.18. The Morgan fingerprint density at radius 3 is 3.12 bits per heavy atom. The molecule has 0 saturated heterocycles. The van der Waals surface area contributed by atoms with Crippen LogP contribution in [-0.4, -0.2) is 33.3 Å². The van der Waals surface area contributed by atoms with Gasteiger partial charge in [0, 0.05) is 11.3 Å². The van der Waals surface area contributed by atoms with Gasteiger partial charge in [0.1, 0.15) is 18.2 Å². The van der Waals surface area contributed by atoms with E-state index in [4.69, 9.17) is 5.11 Å². The molecule has 0 bridgehead atoms. The van der Waals surface area contributed by atoms with Gasteiger partial charge in [-0.25, -0.2) is 9.97 Å². The minimum atomic E-state index is -0.881. The number of anilines is 1. The summed E-state index contributed by atoms with van der Waals surface area (Å²) >= 11 is 1.82. The van der Waals surface area contributed by atoms with E-state index in [9.17, 15) is 4.79 Å². The van der Waals surface area contributed by atoms with Crippen molar-refractivity contribution in [1.82, 2.24) is 9.97 Å². The first-order valence-corrected chi connectivity index (χ1v) is 6.22. The summed E-state index contributed by atoms with van der Waals surface area (Å²) in [5.74, 6) is 2.42. The Morgan fingerprint density at radius 1 is 1.56 bits per heavy atom. The zero-order chi connectivity index (χ0) is 11.5. The average molecular weight is 239 g/mol. The van der Waals surface area contributed by atoms with Crippen LogP contribution in [0.25, 0.3) is 0 Å². The first-order chi connectivity index (χ1) is 7.66. The maximum absolute atomic E-state index is 10.5. The topological polar surface area (TPSA) is 75.1 Å². The van der Waals surface area contributed by atoms with Crippen molar-refractivity contribution >= 4 is 23.5 Å². The fourth-order valence-corrected chi connectivity index (χ4v) is 2.65. The molecule has 0 fully saturated rings. The molecule has 2 heterocycles. The molecular formula is C10H13N3O2S. The third kappa shape index (κ3) is 2.44. The zero-order valence-corrected chi connectivity index (χ0v) is 9.80. The van der Waals surface area contributed by atoms with Crippen LogP contribution in [0, 0.1) is 6.92 Å². The molecule has 1 aromatic rings. The molecule has 6 heteroatoms. The van der Waals surface area contributed by atoms with Crippen molar-refractivity contribution in [3.05, 3.63) is 17.1 Å². The highest BCUT2D eigenvalue weighted by atomic mass is 32.2. The highest BCUT2D eigenvalue weighted by Gasteiger charge is 2.17. The van der Waals surface area contributed by atoms with E-state index in [-0.39, 0.29) is 6.54 Å². The van der Waals surface area contributed by atoms with Gasteiger partial charge >= 0.3 is 5.97 Å². The van der Waals surface area contributed by atoms with E-state index in [1.165, 1.54) is 0 Å². The first-order valence-electron chi connectivity index (χ1n) is 5.06. The number of aromatic nitrogens is 2. The summed E-state index contributed by atoms with van der Waals surface area (Å²) in [6.07, 6.45) is 0.936. The molecule has 2 rings (SSSR count). The summed E-state index contributed by atoms with van der Waals surface area (Å²) in [4.78, 5) is 19.2. The second-order valence-corrected chi connectivity index (χ2v) is 4.70. The predicted molar refractivity (Wildman–Crippen MR) is 62.8 cm³/mol. The van der Waals surface area contributed by atoms with Crippen molar-refractivity contribution in [3.8, 4) is 0 Å². The number of hydrogen-bond acceptors (Lipinski definition) is 5. The lowest BCUT2D eigenvalue weighted by Crippen LogP contribution is -2.18. The smallest absolute Gasteiger partial charge is 0.322 e. The third-order valence-corrected chi connectivity index (χ3v) is 3.33. The molecule has 0 spiro atoms. The number of nitrogens with one attached hydrogen (secondary N) is 1. The molecule has 0 saturated carbocycles. The molecule has 0 radical (unpaired) electrons. The largest absolute Gasteiger partial charge is 0.480 e. The van der Waals surface area contributed by atoms with Crippen molar-refractivity contribution in [2.75, 3.05) is 17.6 Å². The third-order valence-electron chi connectivity index (χ3n) is 2.34. The fourth-order valence-electron chi connectivity index (χ4n) is 1.66. The van der Waals surface area contributed by atoms with E-state index in [0.717, 1.165) is 29.2 Å². The van der Waals surface area contributed by atoms with Crippen LogP contribution in [0.1, 0.15) is 17.1 Å². The Bertz CT molecular complexity index is 423. The fraction of sp³-hybridized carbons (Fsp3) is 0.500. The zero-order valence-electron chi connectivity index (χ0n) is 8.99. The van der Waals surface area contributed by atoms with Gasteiger partial charge in [-0.1, -0.05) is 0 Å². The molecule has 0 atom stereocenters. The lowest BCUT2D eigenvalue weighted by molar-refractivity contribution is -0.134. The number of nitrogens with zero attached hydrogens (tertiary/aromatic N) is 2.